The summed E-state index contributed by atoms with van der Waals surface area (Å²) in [4.78, 5) is 7.30. The van der Waals surface area contributed by atoms with Gasteiger partial charge < -0.3 is 13.7 Å². The minimum atomic E-state index is 0.605. The Morgan fingerprint density at radius 2 is 1.04 bits per heavy atom. The van der Waals surface area contributed by atoms with Gasteiger partial charge in [0.25, 0.3) is 0 Å². The summed E-state index contributed by atoms with van der Waals surface area (Å²) in [5.74, 6) is 0.605. The first-order valence-electron chi connectivity index (χ1n) is 16.2. The van der Waals surface area contributed by atoms with E-state index in [0.717, 1.165) is 55.7 Å². The van der Waals surface area contributed by atoms with Crippen molar-refractivity contribution in [3.8, 4) is 11.5 Å². The van der Waals surface area contributed by atoms with Gasteiger partial charge in [0.05, 0.1) is 5.39 Å². The smallest absolute Gasteiger partial charge is 0.227 e. The molecule has 7 aromatic carbocycles. The zero-order valence-corrected chi connectivity index (χ0v) is 27.5. The molecule has 0 aliphatic carbocycles. The Hall–Kier alpha value is -5.95. The highest BCUT2D eigenvalue weighted by atomic mass is 32.1. The molecule has 11 rings (SSSR count). The van der Waals surface area contributed by atoms with Crippen molar-refractivity contribution < 1.29 is 8.83 Å². The molecule has 0 N–H and O–H groups in total. The number of hydrogen-bond acceptors (Lipinski definition) is 6. The summed E-state index contributed by atoms with van der Waals surface area (Å²) >= 11 is 3.67. The molecule has 0 spiro atoms. The van der Waals surface area contributed by atoms with Crippen molar-refractivity contribution in [3.05, 3.63) is 146 Å². The van der Waals surface area contributed by atoms with E-state index in [-0.39, 0.29) is 0 Å². The SMILES string of the molecule is c1ccc(-c2nc3c(ccc4oc5cc(N(c6ccc7c(c6)sc6ccccc67)c6ccc7sc8ccccc8c7c6)ccc5c43)o2)cc1. The minimum Gasteiger partial charge on any atom is -0.456 e. The molecule has 11 aromatic rings. The Labute approximate surface area is 287 Å². The Morgan fingerprint density at radius 1 is 0.429 bits per heavy atom. The predicted molar refractivity (Wildman–Crippen MR) is 207 cm³/mol. The second kappa shape index (κ2) is 10.3. The molecule has 0 aliphatic heterocycles. The van der Waals surface area contributed by atoms with Crippen LogP contribution >= 0.6 is 22.7 Å². The summed E-state index contributed by atoms with van der Waals surface area (Å²) in [6.07, 6.45) is 0. The van der Waals surface area contributed by atoms with Crippen molar-refractivity contribution in [3.63, 3.8) is 0 Å². The molecule has 0 atom stereocenters. The summed E-state index contributed by atoms with van der Waals surface area (Å²) in [6, 6.07) is 51.4. The van der Waals surface area contributed by atoms with Crippen molar-refractivity contribution in [1.82, 2.24) is 4.98 Å². The summed E-state index contributed by atoms with van der Waals surface area (Å²) in [5.41, 5.74) is 7.31. The standard InChI is InChI=1S/C43H24N2O2S2/c1-2-8-25(9-3-1)43-44-42-35(47-43)20-19-34-41(42)32-18-15-27(23-36(32)46-34)45(26-16-21-39-33(22-26)30-11-5-7-13-38(30)48-39)28-14-17-31-29-10-4-6-12-37(29)49-40(31)24-28/h1-24H. The molecule has 4 nitrogen and oxygen atoms in total. The van der Waals surface area contributed by atoms with E-state index in [1.54, 1.807) is 0 Å². The van der Waals surface area contributed by atoms with Gasteiger partial charge in [0, 0.05) is 74.4 Å². The molecule has 4 aromatic heterocycles. The number of fused-ring (bicyclic) bond motifs is 11. The van der Waals surface area contributed by atoms with Crippen LogP contribution in [0, 0.1) is 0 Å². The minimum absolute atomic E-state index is 0.605. The fraction of sp³-hybridized carbons (Fsp3) is 0. The van der Waals surface area contributed by atoms with E-state index in [0.29, 0.717) is 5.89 Å². The van der Waals surface area contributed by atoms with Gasteiger partial charge in [-0.25, -0.2) is 4.98 Å². The molecule has 4 heterocycles. The van der Waals surface area contributed by atoms with Crippen LogP contribution in [-0.2, 0) is 0 Å². The third-order valence-corrected chi connectivity index (χ3v) is 11.8. The van der Waals surface area contributed by atoms with Crippen LogP contribution in [0.4, 0.5) is 17.1 Å². The van der Waals surface area contributed by atoms with Gasteiger partial charge in [-0.1, -0.05) is 60.7 Å². The van der Waals surface area contributed by atoms with Crippen LogP contribution in [0.25, 0.3) is 84.8 Å². The van der Waals surface area contributed by atoms with Crippen molar-refractivity contribution in [2.45, 2.75) is 0 Å². The first-order chi connectivity index (χ1) is 24.2. The largest absolute Gasteiger partial charge is 0.456 e. The molecule has 6 heteroatoms. The van der Waals surface area contributed by atoms with Crippen molar-refractivity contribution in [1.29, 1.82) is 0 Å². The maximum absolute atomic E-state index is 6.56. The van der Waals surface area contributed by atoms with Crippen LogP contribution in [0.5, 0.6) is 0 Å². The van der Waals surface area contributed by atoms with E-state index in [9.17, 15) is 0 Å². The molecule has 0 fully saturated rings. The Bertz CT molecular complexity index is 3080. The molecule has 230 valence electrons. The third kappa shape index (κ3) is 4.11. The number of hydrogen-bond donors (Lipinski definition) is 0. The number of benzene rings is 7. The van der Waals surface area contributed by atoms with Gasteiger partial charge >= 0.3 is 0 Å². The number of anilines is 3. The van der Waals surface area contributed by atoms with Crippen molar-refractivity contribution in [2.75, 3.05) is 4.90 Å². The highest BCUT2D eigenvalue weighted by Crippen LogP contribution is 2.45. The van der Waals surface area contributed by atoms with Gasteiger partial charge in [0.2, 0.25) is 5.89 Å². The van der Waals surface area contributed by atoms with Crippen LogP contribution in [0.3, 0.4) is 0 Å². The normalized spacial score (nSPS) is 12.1. The second-order valence-electron chi connectivity index (χ2n) is 12.3. The first kappa shape index (κ1) is 27.0. The fourth-order valence-electron chi connectivity index (χ4n) is 7.24. The van der Waals surface area contributed by atoms with E-state index in [1.165, 1.54) is 40.3 Å². The monoisotopic (exact) mass is 664 g/mol. The lowest BCUT2D eigenvalue weighted by Gasteiger charge is -2.25. The molecule has 0 radical (unpaired) electrons. The number of furan rings is 1. The molecule has 0 unspecified atom stereocenters. The quantitative estimate of drug-likeness (QED) is 0.188. The van der Waals surface area contributed by atoms with E-state index in [2.05, 4.69) is 108 Å². The lowest BCUT2D eigenvalue weighted by atomic mass is 10.1. The average Bonchev–Trinajstić information content (AvgIpc) is 3.92. The summed E-state index contributed by atoms with van der Waals surface area (Å²) < 4.78 is 17.9. The average molecular weight is 665 g/mol. The Kier molecular flexibility index (Phi) is 5.67. The molecular weight excluding hydrogens is 641 g/mol. The topological polar surface area (TPSA) is 42.4 Å². The maximum atomic E-state index is 6.56. The molecule has 0 bridgehead atoms. The highest BCUT2D eigenvalue weighted by Gasteiger charge is 2.20. The van der Waals surface area contributed by atoms with E-state index >= 15 is 0 Å². The Balaban J connectivity index is 1.12. The van der Waals surface area contributed by atoms with E-state index in [1.807, 2.05) is 65.1 Å². The molecule has 49 heavy (non-hydrogen) atoms. The predicted octanol–water partition coefficient (Wildman–Crippen LogP) is 13.6. The molecule has 0 saturated carbocycles. The molecule has 0 aliphatic rings. The first-order valence-corrected chi connectivity index (χ1v) is 17.8. The van der Waals surface area contributed by atoms with E-state index in [4.69, 9.17) is 13.8 Å². The molecule has 0 saturated heterocycles. The summed E-state index contributed by atoms with van der Waals surface area (Å²) in [5, 5.41) is 7.10. The second-order valence-corrected chi connectivity index (χ2v) is 14.5. The number of aromatic nitrogens is 1. The van der Waals surface area contributed by atoms with Gasteiger partial charge in [0.1, 0.15) is 16.7 Å². The van der Waals surface area contributed by atoms with Crippen LogP contribution in [0.15, 0.2) is 154 Å². The number of thiophene rings is 2. The lowest BCUT2D eigenvalue weighted by Crippen LogP contribution is -2.09. The van der Waals surface area contributed by atoms with Gasteiger partial charge in [-0.2, -0.15) is 0 Å². The van der Waals surface area contributed by atoms with Crippen LogP contribution < -0.4 is 4.90 Å². The van der Waals surface area contributed by atoms with Gasteiger partial charge in [-0.3, -0.25) is 0 Å². The van der Waals surface area contributed by atoms with Crippen LogP contribution in [-0.4, -0.2) is 4.98 Å². The number of rotatable bonds is 4. The van der Waals surface area contributed by atoms with E-state index < -0.39 is 0 Å². The van der Waals surface area contributed by atoms with Gasteiger partial charge in [-0.05, 0) is 78.9 Å². The Morgan fingerprint density at radius 3 is 1.88 bits per heavy atom. The van der Waals surface area contributed by atoms with Crippen LogP contribution in [0.2, 0.25) is 0 Å². The highest BCUT2D eigenvalue weighted by molar-refractivity contribution is 7.26. The fourth-order valence-corrected chi connectivity index (χ4v) is 9.46. The maximum Gasteiger partial charge on any atom is 0.227 e. The summed E-state index contributed by atoms with van der Waals surface area (Å²) in [7, 11) is 0. The zero-order chi connectivity index (χ0) is 32.1. The zero-order valence-electron chi connectivity index (χ0n) is 25.9. The molecular formula is C43H24N2O2S2. The summed E-state index contributed by atoms with van der Waals surface area (Å²) in [6.45, 7) is 0. The van der Waals surface area contributed by atoms with Crippen LogP contribution in [0.1, 0.15) is 0 Å². The van der Waals surface area contributed by atoms with Gasteiger partial charge in [0.15, 0.2) is 5.58 Å². The number of oxazole rings is 1. The van der Waals surface area contributed by atoms with Gasteiger partial charge in [-0.15, -0.1) is 22.7 Å². The molecule has 0 amide bonds. The lowest BCUT2D eigenvalue weighted by molar-refractivity contribution is 0.619. The third-order valence-electron chi connectivity index (χ3n) is 9.50. The van der Waals surface area contributed by atoms with Crippen molar-refractivity contribution in [2.24, 2.45) is 0 Å². The number of nitrogens with zero attached hydrogens (tertiary/aromatic N) is 2. The van der Waals surface area contributed by atoms with Crippen molar-refractivity contribution >= 4 is 113 Å².